The predicted octanol–water partition coefficient (Wildman–Crippen LogP) is 5.29. The van der Waals surface area contributed by atoms with Crippen molar-refractivity contribution in [2.45, 2.75) is 39.3 Å². The fourth-order valence-electron chi connectivity index (χ4n) is 3.45. The first kappa shape index (κ1) is 20.4. The van der Waals surface area contributed by atoms with Crippen LogP contribution in [0, 0.1) is 5.92 Å². The van der Waals surface area contributed by atoms with Gasteiger partial charge in [-0.25, -0.2) is 0 Å². The molecule has 7 heteroatoms. The van der Waals surface area contributed by atoms with E-state index in [0.717, 1.165) is 16.9 Å². The van der Waals surface area contributed by atoms with E-state index in [2.05, 4.69) is 24.0 Å². The molecular formula is C23H24ClN3O3. The summed E-state index contributed by atoms with van der Waals surface area (Å²) in [6.07, 6.45) is 1.10. The van der Waals surface area contributed by atoms with Gasteiger partial charge in [0.25, 0.3) is 0 Å². The zero-order chi connectivity index (χ0) is 21.1. The molecule has 30 heavy (non-hydrogen) atoms. The number of halogens is 1. The van der Waals surface area contributed by atoms with Crippen molar-refractivity contribution in [3.05, 3.63) is 65.0 Å². The summed E-state index contributed by atoms with van der Waals surface area (Å²) in [5, 5.41) is 4.77. The van der Waals surface area contributed by atoms with Gasteiger partial charge in [0.15, 0.2) is 0 Å². The van der Waals surface area contributed by atoms with Crippen LogP contribution in [0.2, 0.25) is 5.02 Å². The van der Waals surface area contributed by atoms with E-state index in [1.54, 1.807) is 4.90 Å². The second-order valence-corrected chi connectivity index (χ2v) is 8.26. The zero-order valence-electron chi connectivity index (χ0n) is 17.0. The van der Waals surface area contributed by atoms with E-state index < -0.39 is 0 Å². The Bertz CT molecular complexity index is 1020. The second kappa shape index (κ2) is 8.88. The molecule has 1 aliphatic heterocycles. The minimum absolute atomic E-state index is 0.0614. The van der Waals surface area contributed by atoms with Crippen molar-refractivity contribution >= 4 is 17.5 Å². The molecule has 0 aliphatic carbocycles. The van der Waals surface area contributed by atoms with Crippen LogP contribution in [-0.4, -0.2) is 27.6 Å². The Morgan fingerprint density at radius 3 is 2.70 bits per heavy atom. The van der Waals surface area contributed by atoms with E-state index in [4.69, 9.17) is 20.9 Å². The van der Waals surface area contributed by atoms with Gasteiger partial charge in [-0.1, -0.05) is 48.8 Å². The van der Waals surface area contributed by atoms with Crippen molar-refractivity contribution in [1.29, 1.82) is 0 Å². The molecule has 4 rings (SSSR count). The summed E-state index contributed by atoms with van der Waals surface area (Å²) >= 11 is 6.28. The molecule has 1 aliphatic rings. The van der Waals surface area contributed by atoms with E-state index in [1.165, 1.54) is 0 Å². The first-order valence-electron chi connectivity index (χ1n) is 10.1. The van der Waals surface area contributed by atoms with Crippen LogP contribution in [0.25, 0.3) is 11.4 Å². The lowest BCUT2D eigenvalue weighted by Gasteiger charge is -2.22. The summed E-state index contributed by atoms with van der Waals surface area (Å²) in [6.45, 7) is 5.31. The molecule has 0 bridgehead atoms. The minimum Gasteiger partial charge on any atom is -0.493 e. The molecule has 1 amide bonds. The smallest absolute Gasteiger partial charge is 0.249 e. The molecule has 2 aromatic carbocycles. The maximum absolute atomic E-state index is 12.5. The summed E-state index contributed by atoms with van der Waals surface area (Å²) in [7, 11) is 0. The largest absolute Gasteiger partial charge is 0.493 e. The molecule has 3 aromatic rings. The van der Waals surface area contributed by atoms with Crippen LogP contribution in [0.1, 0.15) is 44.2 Å². The summed E-state index contributed by atoms with van der Waals surface area (Å²) < 4.78 is 11.3. The Labute approximate surface area is 180 Å². The van der Waals surface area contributed by atoms with Gasteiger partial charge in [0, 0.05) is 23.6 Å². The third-order valence-electron chi connectivity index (χ3n) is 5.05. The second-order valence-electron chi connectivity index (χ2n) is 7.85. The van der Waals surface area contributed by atoms with Gasteiger partial charge in [-0.3, -0.25) is 4.79 Å². The van der Waals surface area contributed by atoms with Gasteiger partial charge < -0.3 is 14.2 Å². The predicted molar refractivity (Wildman–Crippen MR) is 114 cm³/mol. The maximum Gasteiger partial charge on any atom is 0.249 e. The van der Waals surface area contributed by atoms with Gasteiger partial charge in [-0.15, -0.1) is 0 Å². The third-order valence-corrected chi connectivity index (χ3v) is 5.42. The number of carbonyl (C=O) groups excluding carboxylic acids is 1. The number of hydrogen-bond donors (Lipinski definition) is 0. The highest BCUT2D eigenvalue weighted by molar-refractivity contribution is 6.31. The van der Waals surface area contributed by atoms with E-state index in [0.29, 0.717) is 48.6 Å². The normalized spacial score (nSPS) is 16.5. The lowest BCUT2D eigenvalue weighted by Crippen LogP contribution is -2.27. The standard InChI is InChI=1S/C23H24ClN3O3/c1-15(2)14-29-18-9-7-16(8-10-18)22-25-23(30-26-22)20-11-12-21(28)27(20)13-17-5-3-4-6-19(17)24/h3-10,15,20H,11-14H2,1-2H3. The molecule has 0 saturated carbocycles. The molecular weight excluding hydrogens is 402 g/mol. The molecule has 1 unspecified atom stereocenters. The lowest BCUT2D eigenvalue weighted by atomic mass is 10.1. The van der Waals surface area contributed by atoms with Crippen molar-refractivity contribution < 1.29 is 14.1 Å². The zero-order valence-corrected chi connectivity index (χ0v) is 17.8. The first-order chi connectivity index (χ1) is 14.5. The molecule has 156 valence electrons. The Kier molecular flexibility index (Phi) is 6.04. The van der Waals surface area contributed by atoms with Crippen molar-refractivity contribution in [3.63, 3.8) is 0 Å². The Morgan fingerprint density at radius 2 is 1.97 bits per heavy atom. The quantitative estimate of drug-likeness (QED) is 0.514. The van der Waals surface area contributed by atoms with Crippen LogP contribution >= 0.6 is 11.6 Å². The Balaban J connectivity index is 1.50. The SMILES string of the molecule is CC(C)COc1ccc(-c2noc(C3CCC(=O)N3Cc3ccccc3Cl)n2)cc1. The number of amides is 1. The van der Waals surface area contributed by atoms with Crippen molar-refractivity contribution in [1.82, 2.24) is 15.0 Å². The van der Waals surface area contributed by atoms with Gasteiger partial charge >= 0.3 is 0 Å². The van der Waals surface area contributed by atoms with Gasteiger partial charge in [0.1, 0.15) is 11.8 Å². The highest BCUT2D eigenvalue weighted by Gasteiger charge is 2.36. The molecule has 1 atom stereocenters. The Morgan fingerprint density at radius 1 is 1.20 bits per heavy atom. The van der Waals surface area contributed by atoms with E-state index in [1.807, 2.05) is 48.5 Å². The van der Waals surface area contributed by atoms with Crippen molar-refractivity contribution in [3.8, 4) is 17.1 Å². The van der Waals surface area contributed by atoms with E-state index in [-0.39, 0.29) is 11.9 Å². The van der Waals surface area contributed by atoms with Crippen LogP contribution in [-0.2, 0) is 11.3 Å². The number of carbonyl (C=O) groups is 1. The monoisotopic (exact) mass is 425 g/mol. The maximum atomic E-state index is 12.5. The van der Waals surface area contributed by atoms with Crippen LogP contribution < -0.4 is 4.74 Å². The topological polar surface area (TPSA) is 68.5 Å². The van der Waals surface area contributed by atoms with E-state index >= 15 is 0 Å². The molecule has 2 heterocycles. The number of rotatable bonds is 7. The van der Waals surface area contributed by atoms with Crippen LogP contribution in [0.4, 0.5) is 0 Å². The summed E-state index contributed by atoms with van der Waals surface area (Å²) in [5.74, 6) is 2.28. The fourth-order valence-corrected chi connectivity index (χ4v) is 3.65. The average molecular weight is 426 g/mol. The van der Waals surface area contributed by atoms with Gasteiger partial charge in [0.05, 0.1) is 6.61 Å². The van der Waals surface area contributed by atoms with Crippen LogP contribution in [0.15, 0.2) is 53.1 Å². The number of likely N-dealkylation sites (tertiary alicyclic amines) is 1. The molecule has 6 nitrogen and oxygen atoms in total. The van der Waals surface area contributed by atoms with Crippen LogP contribution in [0.3, 0.4) is 0 Å². The van der Waals surface area contributed by atoms with Crippen LogP contribution in [0.5, 0.6) is 5.75 Å². The number of aromatic nitrogens is 2. The van der Waals surface area contributed by atoms with Gasteiger partial charge in [-0.05, 0) is 48.2 Å². The summed E-state index contributed by atoms with van der Waals surface area (Å²) in [6, 6.07) is 14.9. The molecule has 0 radical (unpaired) electrons. The van der Waals surface area contributed by atoms with Crippen molar-refractivity contribution in [2.75, 3.05) is 6.61 Å². The molecule has 0 spiro atoms. The number of nitrogens with zero attached hydrogens (tertiary/aromatic N) is 3. The third kappa shape index (κ3) is 4.49. The molecule has 0 N–H and O–H groups in total. The highest BCUT2D eigenvalue weighted by Crippen LogP contribution is 2.35. The van der Waals surface area contributed by atoms with Gasteiger partial charge in [0.2, 0.25) is 17.6 Å². The summed E-state index contributed by atoms with van der Waals surface area (Å²) in [4.78, 5) is 18.8. The Hall–Kier alpha value is -2.86. The van der Waals surface area contributed by atoms with Crippen molar-refractivity contribution in [2.24, 2.45) is 5.92 Å². The molecule has 1 saturated heterocycles. The van der Waals surface area contributed by atoms with Gasteiger partial charge in [-0.2, -0.15) is 4.98 Å². The highest BCUT2D eigenvalue weighted by atomic mass is 35.5. The first-order valence-corrected chi connectivity index (χ1v) is 10.5. The van der Waals surface area contributed by atoms with E-state index in [9.17, 15) is 4.79 Å². The number of ether oxygens (including phenoxy) is 1. The summed E-state index contributed by atoms with van der Waals surface area (Å²) in [5.41, 5.74) is 1.74. The average Bonchev–Trinajstić information content (AvgIpc) is 3.36. The molecule has 1 aromatic heterocycles. The fraction of sp³-hybridized carbons (Fsp3) is 0.348. The number of hydrogen-bond acceptors (Lipinski definition) is 5. The molecule has 1 fully saturated rings. The number of benzene rings is 2. The lowest BCUT2D eigenvalue weighted by molar-refractivity contribution is -0.129. The minimum atomic E-state index is -0.247.